The van der Waals surface area contributed by atoms with E-state index < -0.39 is 0 Å². The van der Waals surface area contributed by atoms with Gasteiger partial charge < -0.3 is 4.74 Å². The Morgan fingerprint density at radius 3 is 2.37 bits per heavy atom. The van der Waals surface area contributed by atoms with Crippen molar-refractivity contribution in [2.24, 2.45) is 0 Å². The molecule has 0 bridgehead atoms. The van der Waals surface area contributed by atoms with Crippen LogP contribution in [0.4, 0.5) is 0 Å². The largest absolute Gasteiger partial charge is 0.481 e. The van der Waals surface area contributed by atoms with Crippen molar-refractivity contribution >= 4 is 17.2 Å². The van der Waals surface area contributed by atoms with Gasteiger partial charge in [-0.15, -0.1) is 0 Å². The highest BCUT2D eigenvalue weighted by atomic mass is 16.5. The highest BCUT2D eigenvalue weighted by Gasteiger charge is 2.17. The van der Waals surface area contributed by atoms with Crippen molar-refractivity contribution in [1.29, 1.82) is 0 Å². The van der Waals surface area contributed by atoms with E-state index in [4.69, 9.17) is 4.74 Å². The molecule has 3 nitrogen and oxygen atoms in total. The summed E-state index contributed by atoms with van der Waals surface area (Å²) in [6.45, 7) is 0. The maximum Gasteiger partial charge on any atom is 0.209 e. The van der Waals surface area contributed by atoms with Gasteiger partial charge in [0.2, 0.25) is 5.88 Å². The normalized spacial score (nSPS) is 10.6. The molecule has 0 fully saturated rings. The fourth-order valence-electron chi connectivity index (χ4n) is 2.39. The van der Waals surface area contributed by atoms with E-state index in [2.05, 4.69) is 0 Å². The molecule has 19 heavy (non-hydrogen) atoms. The third-order valence-electron chi connectivity index (χ3n) is 3.19. The zero-order valence-electron chi connectivity index (χ0n) is 10.5. The predicted octanol–water partition coefficient (Wildman–Crippen LogP) is 3.45. The van der Waals surface area contributed by atoms with Crippen LogP contribution in [0.1, 0.15) is 10.4 Å². The second-order valence-corrected chi connectivity index (χ2v) is 4.23. The van der Waals surface area contributed by atoms with Crippen molar-refractivity contribution in [1.82, 2.24) is 4.57 Å². The van der Waals surface area contributed by atoms with Crippen LogP contribution in [-0.4, -0.2) is 18.0 Å². The summed E-state index contributed by atoms with van der Waals surface area (Å²) in [4.78, 5) is 11.4. The highest BCUT2D eigenvalue weighted by Crippen LogP contribution is 2.33. The SMILES string of the molecule is COc1c(C=O)c2ccccc2n1-c1ccccc1. The Labute approximate surface area is 111 Å². The Kier molecular flexibility index (Phi) is 2.80. The minimum absolute atomic E-state index is 0.572. The molecule has 0 N–H and O–H groups in total. The fraction of sp³-hybridized carbons (Fsp3) is 0.0625. The van der Waals surface area contributed by atoms with E-state index in [0.29, 0.717) is 11.4 Å². The summed E-state index contributed by atoms with van der Waals surface area (Å²) in [7, 11) is 1.58. The Hall–Kier alpha value is -2.55. The number of aldehydes is 1. The summed E-state index contributed by atoms with van der Waals surface area (Å²) in [6, 6.07) is 17.7. The van der Waals surface area contributed by atoms with E-state index in [9.17, 15) is 4.79 Å². The highest BCUT2D eigenvalue weighted by molar-refractivity contribution is 6.01. The molecule has 0 aliphatic carbocycles. The Bertz CT molecular complexity index is 729. The van der Waals surface area contributed by atoms with Gasteiger partial charge in [0, 0.05) is 11.1 Å². The van der Waals surface area contributed by atoms with Gasteiger partial charge in [-0.3, -0.25) is 9.36 Å². The second kappa shape index (κ2) is 4.61. The summed E-state index contributed by atoms with van der Waals surface area (Å²) < 4.78 is 7.40. The van der Waals surface area contributed by atoms with Crippen LogP contribution in [0.2, 0.25) is 0 Å². The minimum atomic E-state index is 0.572. The van der Waals surface area contributed by atoms with Gasteiger partial charge in [0.05, 0.1) is 18.2 Å². The summed E-state index contributed by atoms with van der Waals surface area (Å²) in [5, 5.41) is 0.901. The topological polar surface area (TPSA) is 31.2 Å². The van der Waals surface area contributed by atoms with Crippen LogP contribution in [0, 0.1) is 0 Å². The maximum absolute atomic E-state index is 11.4. The van der Waals surface area contributed by atoms with Gasteiger partial charge in [-0.25, -0.2) is 0 Å². The number of hydrogen-bond donors (Lipinski definition) is 0. The quantitative estimate of drug-likeness (QED) is 0.667. The van der Waals surface area contributed by atoms with Crippen LogP contribution in [-0.2, 0) is 0 Å². The average Bonchev–Trinajstić information content (AvgIpc) is 2.81. The van der Waals surface area contributed by atoms with Crippen LogP contribution in [0.25, 0.3) is 16.6 Å². The monoisotopic (exact) mass is 251 g/mol. The zero-order chi connectivity index (χ0) is 13.2. The number of benzene rings is 2. The van der Waals surface area contributed by atoms with Crippen molar-refractivity contribution in [2.45, 2.75) is 0 Å². The molecule has 0 radical (unpaired) electrons. The molecule has 2 aromatic carbocycles. The number of para-hydroxylation sites is 2. The molecular formula is C16H13NO2. The summed E-state index contributed by atoms with van der Waals surface area (Å²) in [6.07, 6.45) is 0.848. The van der Waals surface area contributed by atoms with Crippen LogP contribution < -0.4 is 4.74 Å². The summed E-state index contributed by atoms with van der Waals surface area (Å²) in [5.41, 5.74) is 2.53. The number of fused-ring (bicyclic) bond motifs is 1. The Morgan fingerprint density at radius 1 is 1.00 bits per heavy atom. The number of hydrogen-bond acceptors (Lipinski definition) is 2. The van der Waals surface area contributed by atoms with Gasteiger partial charge in [0.25, 0.3) is 0 Å². The molecule has 0 unspecified atom stereocenters. The lowest BCUT2D eigenvalue weighted by Crippen LogP contribution is -1.98. The predicted molar refractivity (Wildman–Crippen MR) is 75.2 cm³/mol. The Balaban J connectivity index is 2.43. The number of aromatic nitrogens is 1. The molecule has 3 rings (SSSR count). The first-order chi connectivity index (χ1) is 9.36. The van der Waals surface area contributed by atoms with Gasteiger partial charge in [0.1, 0.15) is 0 Å². The van der Waals surface area contributed by atoms with E-state index in [1.54, 1.807) is 7.11 Å². The molecule has 0 aliphatic rings. The smallest absolute Gasteiger partial charge is 0.209 e. The number of rotatable bonds is 3. The molecule has 1 heterocycles. The van der Waals surface area contributed by atoms with Crippen molar-refractivity contribution in [3.63, 3.8) is 0 Å². The molecule has 0 saturated heterocycles. The van der Waals surface area contributed by atoms with E-state index in [0.717, 1.165) is 22.9 Å². The zero-order valence-corrected chi connectivity index (χ0v) is 10.5. The molecule has 3 aromatic rings. The van der Waals surface area contributed by atoms with Gasteiger partial charge in [0.15, 0.2) is 6.29 Å². The van der Waals surface area contributed by atoms with E-state index in [1.807, 2.05) is 59.2 Å². The van der Waals surface area contributed by atoms with Crippen LogP contribution in [0.15, 0.2) is 54.6 Å². The molecule has 3 heteroatoms. The molecule has 1 aromatic heterocycles. The summed E-state index contributed by atoms with van der Waals surface area (Å²) >= 11 is 0. The van der Waals surface area contributed by atoms with Crippen molar-refractivity contribution in [3.8, 4) is 11.6 Å². The van der Waals surface area contributed by atoms with Crippen LogP contribution >= 0.6 is 0 Å². The van der Waals surface area contributed by atoms with Gasteiger partial charge in [-0.2, -0.15) is 0 Å². The van der Waals surface area contributed by atoms with Crippen molar-refractivity contribution in [3.05, 3.63) is 60.2 Å². The Morgan fingerprint density at radius 2 is 1.68 bits per heavy atom. The molecule has 94 valence electrons. The van der Waals surface area contributed by atoms with Crippen LogP contribution in [0.3, 0.4) is 0 Å². The first-order valence-electron chi connectivity index (χ1n) is 6.05. The third-order valence-corrected chi connectivity index (χ3v) is 3.19. The lowest BCUT2D eigenvalue weighted by molar-refractivity contribution is 0.112. The van der Waals surface area contributed by atoms with Gasteiger partial charge in [-0.1, -0.05) is 36.4 Å². The van der Waals surface area contributed by atoms with Crippen molar-refractivity contribution in [2.75, 3.05) is 7.11 Å². The molecule has 0 atom stereocenters. The maximum atomic E-state index is 11.4. The second-order valence-electron chi connectivity index (χ2n) is 4.23. The summed E-state index contributed by atoms with van der Waals surface area (Å²) in [5.74, 6) is 0.572. The standard InChI is InChI=1S/C16H13NO2/c1-19-16-14(11-18)13-9-5-6-10-15(13)17(16)12-7-3-2-4-8-12/h2-11H,1H3. The molecular weight excluding hydrogens is 238 g/mol. The fourth-order valence-corrected chi connectivity index (χ4v) is 2.39. The molecule has 0 spiro atoms. The van der Waals surface area contributed by atoms with Crippen LogP contribution in [0.5, 0.6) is 5.88 Å². The molecule has 0 saturated carbocycles. The number of carbonyl (C=O) groups is 1. The number of carbonyl (C=O) groups excluding carboxylic acids is 1. The number of methoxy groups -OCH3 is 1. The first-order valence-corrected chi connectivity index (χ1v) is 6.05. The first kappa shape index (κ1) is 11.5. The molecule has 0 aliphatic heterocycles. The number of ether oxygens (including phenoxy) is 1. The van der Waals surface area contributed by atoms with Gasteiger partial charge in [-0.05, 0) is 18.2 Å². The number of nitrogens with zero attached hydrogens (tertiary/aromatic N) is 1. The lowest BCUT2D eigenvalue weighted by atomic mass is 10.2. The lowest BCUT2D eigenvalue weighted by Gasteiger charge is -2.09. The van der Waals surface area contributed by atoms with E-state index >= 15 is 0 Å². The third kappa shape index (κ3) is 1.71. The van der Waals surface area contributed by atoms with E-state index in [-0.39, 0.29) is 0 Å². The van der Waals surface area contributed by atoms with Crippen molar-refractivity contribution < 1.29 is 9.53 Å². The van der Waals surface area contributed by atoms with E-state index in [1.165, 1.54) is 0 Å². The van der Waals surface area contributed by atoms with Gasteiger partial charge >= 0.3 is 0 Å². The molecule has 0 amide bonds. The average molecular weight is 251 g/mol. The minimum Gasteiger partial charge on any atom is -0.481 e.